The minimum Gasteiger partial charge on any atom is -0.307 e. The Morgan fingerprint density at radius 2 is 0.857 bits per heavy atom. The molecule has 0 saturated heterocycles. The standard InChI is InChI=1S/C58H39N5/c1-3-19-38(20-4-1)47-35-40(36-48(60-47)39-21-5-2-6-22-39)56-55(61-49-29-13-7-23-41(49)42-24-8-14-30-50(42)61)37-59-58(63-53-33-17-11-27-45(53)46-28-12-18-34-54(46)63)57(56)62-51-31-15-9-25-43(51)44-26-10-16-32-52(44)62/h1-7,9-23,25-37H,8,24H2. The van der Waals surface area contributed by atoms with Gasteiger partial charge >= 0.3 is 0 Å². The van der Waals surface area contributed by atoms with Gasteiger partial charge in [0.05, 0.1) is 56.5 Å². The number of hydrogen-bond acceptors (Lipinski definition) is 2. The Morgan fingerprint density at radius 3 is 1.38 bits per heavy atom. The Bertz CT molecular complexity index is 3630. The SMILES string of the molecule is C1=Cc2c(c3ccccc3n2-c2cnc(-n3c4ccccc4c4ccccc43)c(-n3c4ccccc4c4ccccc43)c2-c2cc(-c3ccccc3)nc(-c3ccccc3)c2)CC1. The van der Waals surface area contributed by atoms with Gasteiger partial charge in [0, 0.05) is 49.3 Å². The van der Waals surface area contributed by atoms with Crippen LogP contribution in [0, 0.1) is 0 Å². The van der Waals surface area contributed by atoms with Crippen LogP contribution in [0.15, 0.2) is 206 Å². The number of nitrogens with zero attached hydrogens (tertiary/aromatic N) is 5. The molecular formula is C58H39N5. The van der Waals surface area contributed by atoms with Gasteiger partial charge in [-0.2, -0.15) is 0 Å². The molecule has 0 saturated carbocycles. The maximum Gasteiger partial charge on any atom is 0.162 e. The van der Waals surface area contributed by atoms with E-state index >= 15 is 0 Å². The zero-order chi connectivity index (χ0) is 41.4. The molecule has 296 valence electrons. The van der Waals surface area contributed by atoms with E-state index in [1.165, 1.54) is 38.2 Å². The van der Waals surface area contributed by atoms with E-state index < -0.39 is 0 Å². The van der Waals surface area contributed by atoms with E-state index in [0.717, 1.165) is 91.3 Å². The van der Waals surface area contributed by atoms with E-state index in [0.29, 0.717) is 0 Å². The first-order valence-electron chi connectivity index (χ1n) is 21.7. The van der Waals surface area contributed by atoms with Crippen LogP contribution in [0.25, 0.3) is 111 Å². The number of allylic oxidation sites excluding steroid dienone is 1. The van der Waals surface area contributed by atoms with E-state index in [1.54, 1.807) is 0 Å². The number of hydrogen-bond donors (Lipinski definition) is 0. The smallest absolute Gasteiger partial charge is 0.162 e. The van der Waals surface area contributed by atoms with Crippen molar-refractivity contribution in [1.29, 1.82) is 0 Å². The molecule has 63 heavy (non-hydrogen) atoms. The molecule has 0 atom stereocenters. The second-order valence-corrected chi connectivity index (χ2v) is 16.4. The molecule has 0 N–H and O–H groups in total. The summed E-state index contributed by atoms with van der Waals surface area (Å²) in [6.45, 7) is 0. The normalized spacial score (nSPS) is 12.6. The summed E-state index contributed by atoms with van der Waals surface area (Å²) in [4.78, 5) is 11.1. The summed E-state index contributed by atoms with van der Waals surface area (Å²) in [6.07, 6.45) is 8.76. The summed E-state index contributed by atoms with van der Waals surface area (Å²) >= 11 is 0. The van der Waals surface area contributed by atoms with Crippen molar-refractivity contribution in [2.45, 2.75) is 12.8 Å². The average molecular weight is 806 g/mol. The molecule has 5 heteroatoms. The lowest BCUT2D eigenvalue weighted by Crippen LogP contribution is -2.12. The fraction of sp³-hybridized carbons (Fsp3) is 0.0345. The topological polar surface area (TPSA) is 40.6 Å². The van der Waals surface area contributed by atoms with Crippen LogP contribution < -0.4 is 0 Å². The number of benzene rings is 7. The highest BCUT2D eigenvalue weighted by Gasteiger charge is 2.29. The van der Waals surface area contributed by atoms with Crippen molar-refractivity contribution >= 4 is 60.6 Å². The Hall–Kier alpha value is -8.28. The molecule has 0 bridgehead atoms. The molecule has 1 aliphatic carbocycles. The van der Waals surface area contributed by atoms with Crippen LogP contribution in [0.4, 0.5) is 0 Å². The first-order chi connectivity index (χ1) is 31.3. The predicted octanol–water partition coefficient (Wildman–Crippen LogP) is 14.6. The van der Waals surface area contributed by atoms with Crippen molar-refractivity contribution in [2.75, 3.05) is 0 Å². The summed E-state index contributed by atoms with van der Waals surface area (Å²) in [6, 6.07) is 69.7. The van der Waals surface area contributed by atoms with Crippen molar-refractivity contribution < 1.29 is 0 Å². The molecule has 0 radical (unpaired) electrons. The minimum atomic E-state index is 0.845. The summed E-state index contributed by atoms with van der Waals surface area (Å²) in [7, 11) is 0. The molecular weight excluding hydrogens is 767 g/mol. The molecule has 0 aliphatic heterocycles. The summed E-state index contributed by atoms with van der Waals surface area (Å²) < 4.78 is 7.34. The fourth-order valence-corrected chi connectivity index (χ4v) is 10.3. The second kappa shape index (κ2) is 14.2. The van der Waals surface area contributed by atoms with Gasteiger partial charge < -0.3 is 9.13 Å². The third-order valence-corrected chi connectivity index (χ3v) is 13.0. The predicted molar refractivity (Wildman–Crippen MR) is 261 cm³/mol. The average Bonchev–Trinajstić information content (AvgIpc) is 4.00. The maximum absolute atomic E-state index is 5.73. The molecule has 5 nitrogen and oxygen atoms in total. The quantitative estimate of drug-likeness (QED) is 0.168. The molecule has 7 aromatic carbocycles. The summed E-state index contributed by atoms with van der Waals surface area (Å²) in [5, 5.41) is 6.03. The van der Waals surface area contributed by atoms with Gasteiger partial charge in [0.1, 0.15) is 0 Å². The van der Waals surface area contributed by atoms with Crippen LogP contribution in [0.1, 0.15) is 17.7 Å². The Kier molecular flexibility index (Phi) is 7.97. The second-order valence-electron chi connectivity index (χ2n) is 16.4. The lowest BCUT2D eigenvalue weighted by Gasteiger charge is -2.24. The van der Waals surface area contributed by atoms with E-state index in [9.17, 15) is 0 Å². The number of pyridine rings is 2. The highest BCUT2D eigenvalue weighted by molar-refractivity contribution is 6.12. The molecule has 5 heterocycles. The van der Waals surface area contributed by atoms with Gasteiger partial charge in [0.25, 0.3) is 0 Å². The molecule has 1 aliphatic rings. The largest absolute Gasteiger partial charge is 0.307 e. The van der Waals surface area contributed by atoms with Gasteiger partial charge in [-0.3, -0.25) is 4.57 Å². The molecule has 13 rings (SSSR count). The molecule has 5 aromatic heterocycles. The number of rotatable bonds is 6. The van der Waals surface area contributed by atoms with Crippen LogP contribution in [-0.4, -0.2) is 23.7 Å². The molecule has 0 spiro atoms. The van der Waals surface area contributed by atoms with Crippen molar-refractivity contribution in [1.82, 2.24) is 23.7 Å². The van der Waals surface area contributed by atoms with Gasteiger partial charge in [-0.25, -0.2) is 9.97 Å². The first-order valence-corrected chi connectivity index (χ1v) is 21.7. The maximum atomic E-state index is 5.73. The number of para-hydroxylation sites is 5. The van der Waals surface area contributed by atoms with Gasteiger partial charge in [-0.05, 0) is 72.5 Å². The van der Waals surface area contributed by atoms with Crippen molar-refractivity contribution in [2.24, 2.45) is 0 Å². The highest BCUT2D eigenvalue weighted by Crippen LogP contribution is 2.46. The number of aromatic nitrogens is 5. The van der Waals surface area contributed by atoms with E-state index in [1.807, 2.05) is 0 Å². The van der Waals surface area contributed by atoms with Crippen LogP contribution >= 0.6 is 0 Å². The van der Waals surface area contributed by atoms with Crippen molar-refractivity contribution in [3.8, 4) is 50.8 Å². The highest BCUT2D eigenvalue weighted by atomic mass is 15.1. The van der Waals surface area contributed by atoms with Crippen molar-refractivity contribution in [3.63, 3.8) is 0 Å². The van der Waals surface area contributed by atoms with Crippen LogP contribution in [0.3, 0.4) is 0 Å². The zero-order valence-electron chi connectivity index (χ0n) is 34.4. The monoisotopic (exact) mass is 805 g/mol. The van der Waals surface area contributed by atoms with Crippen molar-refractivity contribution in [3.05, 3.63) is 218 Å². The Labute approximate surface area is 364 Å². The molecule has 0 unspecified atom stereocenters. The van der Waals surface area contributed by atoms with E-state index in [2.05, 4.69) is 226 Å². The number of aryl methyl sites for hydroxylation is 1. The molecule has 12 aromatic rings. The van der Waals surface area contributed by atoms with Crippen LogP contribution in [-0.2, 0) is 6.42 Å². The van der Waals surface area contributed by atoms with Crippen LogP contribution in [0.2, 0.25) is 0 Å². The van der Waals surface area contributed by atoms with Gasteiger partial charge in [0.15, 0.2) is 5.82 Å². The lowest BCUT2D eigenvalue weighted by atomic mass is 9.97. The minimum absolute atomic E-state index is 0.845. The molecule has 0 fully saturated rings. The fourth-order valence-electron chi connectivity index (χ4n) is 10.3. The van der Waals surface area contributed by atoms with E-state index in [-0.39, 0.29) is 0 Å². The Morgan fingerprint density at radius 1 is 0.413 bits per heavy atom. The zero-order valence-corrected chi connectivity index (χ0v) is 34.4. The number of fused-ring (bicyclic) bond motifs is 9. The van der Waals surface area contributed by atoms with E-state index in [4.69, 9.17) is 9.97 Å². The third-order valence-electron chi connectivity index (χ3n) is 13.0. The van der Waals surface area contributed by atoms with Crippen LogP contribution in [0.5, 0.6) is 0 Å². The van der Waals surface area contributed by atoms with Gasteiger partial charge in [-0.1, -0.05) is 158 Å². The lowest BCUT2D eigenvalue weighted by molar-refractivity contribution is 0.957. The van der Waals surface area contributed by atoms with Gasteiger partial charge in [-0.15, -0.1) is 0 Å². The first kappa shape index (κ1) is 35.5. The van der Waals surface area contributed by atoms with Gasteiger partial charge in [0.2, 0.25) is 0 Å². The molecule has 0 amide bonds. The summed E-state index contributed by atoms with van der Waals surface area (Å²) in [5.41, 5.74) is 16.2. The Balaban J connectivity index is 1.28. The summed E-state index contributed by atoms with van der Waals surface area (Å²) in [5.74, 6) is 0.845. The third kappa shape index (κ3) is 5.43.